The summed E-state index contributed by atoms with van der Waals surface area (Å²) in [6.45, 7) is 2.31. The highest BCUT2D eigenvalue weighted by atomic mass is 16.6. The monoisotopic (exact) mass is 300 g/mol. The number of ether oxygens (including phenoxy) is 2. The number of hydrogen-bond donors (Lipinski definition) is 2. The first-order valence-electron chi connectivity index (χ1n) is 6.74. The molecule has 22 heavy (non-hydrogen) atoms. The van der Waals surface area contributed by atoms with Gasteiger partial charge in [0, 0.05) is 6.08 Å². The Morgan fingerprint density at radius 2 is 1.82 bits per heavy atom. The lowest BCUT2D eigenvalue weighted by molar-refractivity contribution is -0.129. The molecule has 0 saturated carbocycles. The van der Waals surface area contributed by atoms with E-state index in [1.54, 1.807) is 30.3 Å². The maximum Gasteiger partial charge on any atom is 0.336 e. The predicted octanol–water partition coefficient (Wildman–Crippen LogP) is 3.12. The minimum atomic E-state index is -0.570. The zero-order chi connectivity index (χ0) is 15.9. The van der Waals surface area contributed by atoms with E-state index in [-0.39, 0.29) is 11.5 Å². The summed E-state index contributed by atoms with van der Waals surface area (Å²) in [6, 6.07) is 11.1. The van der Waals surface area contributed by atoms with Crippen LogP contribution in [-0.2, 0) is 4.79 Å². The van der Waals surface area contributed by atoms with Gasteiger partial charge in [-0.25, -0.2) is 4.79 Å². The van der Waals surface area contributed by atoms with Gasteiger partial charge in [0.2, 0.25) is 0 Å². The first-order valence-corrected chi connectivity index (χ1v) is 6.74. The lowest BCUT2D eigenvalue weighted by Gasteiger charge is -2.08. The van der Waals surface area contributed by atoms with Crippen molar-refractivity contribution in [1.82, 2.24) is 0 Å². The normalized spacial score (nSPS) is 10.6. The Morgan fingerprint density at radius 3 is 2.50 bits per heavy atom. The van der Waals surface area contributed by atoms with Gasteiger partial charge in [-0.15, -0.1) is 0 Å². The van der Waals surface area contributed by atoms with Gasteiger partial charge in [-0.1, -0.05) is 18.2 Å². The highest BCUT2D eigenvalue weighted by Crippen LogP contribution is 2.27. The Bertz CT molecular complexity index is 691. The molecule has 0 unspecified atom stereocenters. The summed E-state index contributed by atoms with van der Waals surface area (Å²) in [4.78, 5) is 11.8. The molecule has 0 bridgehead atoms. The van der Waals surface area contributed by atoms with Crippen LogP contribution < -0.4 is 9.47 Å². The van der Waals surface area contributed by atoms with Crippen LogP contribution in [0.4, 0.5) is 0 Å². The molecule has 2 N–H and O–H groups in total. The average molecular weight is 300 g/mol. The number of phenolic OH excluding ortho intramolecular Hbond substituents is 2. The molecule has 0 aliphatic rings. The standard InChI is InChI=1S/C17H16O5/c1-2-21-15-5-3-4-6-16(15)22-17(20)10-8-12-7-9-13(18)14(19)11-12/h3-11,18-19H,2H2,1H3/b10-8+. The van der Waals surface area contributed by atoms with Gasteiger partial charge in [-0.3, -0.25) is 0 Å². The highest BCUT2D eigenvalue weighted by molar-refractivity contribution is 5.89. The van der Waals surface area contributed by atoms with Gasteiger partial charge in [0.1, 0.15) is 0 Å². The summed E-state index contributed by atoms with van der Waals surface area (Å²) in [5.41, 5.74) is 0.561. The highest BCUT2D eigenvalue weighted by Gasteiger charge is 2.07. The number of hydrogen-bond acceptors (Lipinski definition) is 5. The summed E-state index contributed by atoms with van der Waals surface area (Å²) < 4.78 is 10.6. The van der Waals surface area contributed by atoms with Crippen molar-refractivity contribution in [3.05, 3.63) is 54.1 Å². The number of carbonyl (C=O) groups excluding carboxylic acids is 1. The zero-order valence-corrected chi connectivity index (χ0v) is 12.0. The molecular formula is C17H16O5. The number of carbonyl (C=O) groups is 1. The number of benzene rings is 2. The third-order valence-electron chi connectivity index (χ3n) is 2.77. The van der Waals surface area contributed by atoms with Crippen molar-refractivity contribution >= 4 is 12.0 Å². The van der Waals surface area contributed by atoms with E-state index in [0.717, 1.165) is 0 Å². The van der Waals surface area contributed by atoms with Crippen LogP contribution in [0.5, 0.6) is 23.0 Å². The Labute approximate surface area is 128 Å². The van der Waals surface area contributed by atoms with Crippen LogP contribution in [0.1, 0.15) is 12.5 Å². The second-order valence-corrected chi connectivity index (χ2v) is 4.38. The summed E-state index contributed by atoms with van der Waals surface area (Å²) in [5, 5.41) is 18.6. The summed E-state index contributed by atoms with van der Waals surface area (Å²) in [6.07, 6.45) is 2.71. The molecule has 0 heterocycles. The lowest BCUT2D eigenvalue weighted by Crippen LogP contribution is -2.05. The SMILES string of the molecule is CCOc1ccccc1OC(=O)/C=C/c1ccc(O)c(O)c1. The minimum Gasteiger partial charge on any atom is -0.504 e. The van der Waals surface area contributed by atoms with E-state index in [4.69, 9.17) is 9.47 Å². The van der Waals surface area contributed by atoms with Gasteiger partial charge in [-0.05, 0) is 42.8 Å². The molecule has 2 aromatic carbocycles. The topological polar surface area (TPSA) is 76.0 Å². The lowest BCUT2D eigenvalue weighted by atomic mass is 10.2. The number of rotatable bonds is 5. The molecule has 0 aliphatic carbocycles. The third-order valence-corrected chi connectivity index (χ3v) is 2.77. The van der Waals surface area contributed by atoms with Gasteiger partial charge in [0.15, 0.2) is 23.0 Å². The molecule has 2 aromatic rings. The maximum atomic E-state index is 11.8. The molecular weight excluding hydrogens is 284 g/mol. The molecule has 2 rings (SSSR count). The molecule has 0 amide bonds. The van der Waals surface area contributed by atoms with E-state index < -0.39 is 5.97 Å². The molecule has 0 atom stereocenters. The van der Waals surface area contributed by atoms with Crippen LogP contribution in [0.2, 0.25) is 0 Å². The van der Waals surface area contributed by atoms with Crippen molar-refractivity contribution in [2.75, 3.05) is 6.61 Å². The molecule has 5 heteroatoms. The van der Waals surface area contributed by atoms with Gasteiger partial charge in [0.25, 0.3) is 0 Å². The average Bonchev–Trinajstić information content (AvgIpc) is 2.51. The molecule has 0 aliphatic heterocycles. The fourth-order valence-electron chi connectivity index (χ4n) is 1.76. The molecule has 0 radical (unpaired) electrons. The van der Waals surface area contributed by atoms with E-state index in [1.165, 1.54) is 24.3 Å². The van der Waals surface area contributed by atoms with Crippen LogP contribution in [0.3, 0.4) is 0 Å². The Balaban J connectivity index is 2.06. The van der Waals surface area contributed by atoms with E-state index >= 15 is 0 Å². The van der Waals surface area contributed by atoms with E-state index in [1.807, 2.05) is 6.92 Å². The Kier molecular flexibility index (Phi) is 5.03. The molecule has 0 aromatic heterocycles. The second kappa shape index (κ2) is 7.17. The quantitative estimate of drug-likeness (QED) is 0.384. The fraction of sp³-hybridized carbons (Fsp3) is 0.118. The number of para-hydroxylation sites is 2. The van der Waals surface area contributed by atoms with E-state index in [2.05, 4.69) is 0 Å². The van der Waals surface area contributed by atoms with Crippen LogP contribution in [0, 0.1) is 0 Å². The van der Waals surface area contributed by atoms with Crippen LogP contribution in [0.15, 0.2) is 48.5 Å². The maximum absolute atomic E-state index is 11.8. The van der Waals surface area contributed by atoms with Crippen LogP contribution in [-0.4, -0.2) is 22.8 Å². The summed E-state index contributed by atoms with van der Waals surface area (Å²) in [7, 11) is 0. The van der Waals surface area contributed by atoms with Crippen molar-refractivity contribution in [2.45, 2.75) is 6.92 Å². The van der Waals surface area contributed by atoms with Crippen molar-refractivity contribution in [3.8, 4) is 23.0 Å². The zero-order valence-electron chi connectivity index (χ0n) is 12.0. The first-order chi connectivity index (χ1) is 10.6. The van der Waals surface area contributed by atoms with Gasteiger partial charge < -0.3 is 19.7 Å². The van der Waals surface area contributed by atoms with Crippen molar-refractivity contribution in [3.63, 3.8) is 0 Å². The fourth-order valence-corrected chi connectivity index (χ4v) is 1.76. The Morgan fingerprint density at radius 1 is 1.09 bits per heavy atom. The molecule has 5 nitrogen and oxygen atoms in total. The Hall–Kier alpha value is -2.95. The first kappa shape index (κ1) is 15.4. The van der Waals surface area contributed by atoms with Crippen molar-refractivity contribution in [1.29, 1.82) is 0 Å². The molecule has 0 spiro atoms. The third kappa shape index (κ3) is 4.02. The predicted molar refractivity (Wildman–Crippen MR) is 82.1 cm³/mol. The molecule has 114 valence electrons. The minimum absolute atomic E-state index is 0.217. The number of phenols is 2. The molecule has 0 fully saturated rings. The largest absolute Gasteiger partial charge is 0.504 e. The summed E-state index contributed by atoms with van der Waals surface area (Å²) in [5.74, 6) is -0.205. The van der Waals surface area contributed by atoms with E-state index in [9.17, 15) is 15.0 Å². The van der Waals surface area contributed by atoms with E-state index in [0.29, 0.717) is 23.7 Å². The summed E-state index contributed by atoms with van der Waals surface area (Å²) >= 11 is 0. The smallest absolute Gasteiger partial charge is 0.336 e. The van der Waals surface area contributed by atoms with Gasteiger partial charge >= 0.3 is 5.97 Å². The number of aromatic hydroxyl groups is 2. The van der Waals surface area contributed by atoms with Crippen LogP contribution in [0.25, 0.3) is 6.08 Å². The van der Waals surface area contributed by atoms with Crippen LogP contribution >= 0.6 is 0 Å². The van der Waals surface area contributed by atoms with Gasteiger partial charge in [-0.2, -0.15) is 0 Å². The number of esters is 1. The van der Waals surface area contributed by atoms with Gasteiger partial charge in [0.05, 0.1) is 6.61 Å². The molecule has 0 saturated heterocycles. The van der Waals surface area contributed by atoms with Crippen molar-refractivity contribution < 1.29 is 24.5 Å². The van der Waals surface area contributed by atoms with Crippen molar-refractivity contribution in [2.24, 2.45) is 0 Å². The second-order valence-electron chi connectivity index (χ2n) is 4.38.